The first-order chi connectivity index (χ1) is 6.64. The maximum atomic E-state index is 12.1. The Morgan fingerprint density at radius 1 is 1.36 bits per heavy atom. The van der Waals surface area contributed by atoms with Crippen LogP contribution < -0.4 is 5.73 Å². The van der Waals surface area contributed by atoms with E-state index in [1.807, 2.05) is 18.7 Å². The SMILES string of the molecule is CCC(C)(CN)C(=O)N1CCCCC1. The molecule has 1 unspecified atom stereocenters. The first kappa shape index (κ1) is 11.5. The average Bonchev–Trinajstić information content (AvgIpc) is 2.28. The Morgan fingerprint density at radius 3 is 2.36 bits per heavy atom. The third kappa shape index (κ3) is 2.27. The van der Waals surface area contributed by atoms with E-state index in [0.29, 0.717) is 6.54 Å². The van der Waals surface area contributed by atoms with Crippen molar-refractivity contribution in [1.29, 1.82) is 0 Å². The molecule has 1 heterocycles. The van der Waals surface area contributed by atoms with Crippen LogP contribution >= 0.6 is 0 Å². The molecule has 0 saturated carbocycles. The summed E-state index contributed by atoms with van der Waals surface area (Å²) in [6, 6.07) is 0. The van der Waals surface area contributed by atoms with Gasteiger partial charge < -0.3 is 10.6 Å². The van der Waals surface area contributed by atoms with Crippen LogP contribution in [-0.4, -0.2) is 30.4 Å². The molecule has 1 fully saturated rings. The molecular weight excluding hydrogens is 176 g/mol. The molecule has 3 nitrogen and oxygen atoms in total. The Labute approximate surface area is 86.6 Å². The van der Waals surface area contributed by atoms with Gasteiger partial charge >= 0.3 is 0 Å². The van der Waals surface area contributed by atoms with Gasteiger partial charge in [-0.25, -0.2) is 0 Å². The smallest absolute Gasteiger partial charge is 0.229 e. The summed E-state index contributed by atoms with van der Waals surface area (Å²) in [7, 11) is 0. The Hall–Kier alpha value is -0.570. The number of amides is 1. The maximum Gasteiger partial charge on any atom is 0.229 e. The highest BCUT2D eigenvalue weighted by atomic mass is 16.2. The number of carbonyl (C=O) groups excluding carboxylic acids is 1. The second kappa shape index (κ2) is 4.78. The summed E-state index contributed by atoms with van der Waals surface area (Å²) in [5.74, 6) is 0.252. The second-order valence-electron chi connectivity index (χ2n) is 4.47. The molecule has 0 aliphatic carbocycles. The minimum absolute atomic E-state index is 0.252. The second-order valence-corrected chi connectivity index (χ2v) is 4.47. The lowest BCUT2D eigenvalue weighted by Gasteiger charge is -2.35. The van der Waals surface area contributed by atoms with Gasteiger partial charge in [-0.05, 0) is 32.6 Å². The van der Waals surface area contributed by atoms with Crippen molar-refractivity contribution in [3.05, 3.63) is 0 Å². The van der Waals surface area contributed by atoms with Crippen molar-refractivity contribution in [2.24, 2.45) is 11.1 Å². The topological polar surface area (TPSA) is 46.3 Å². The monoisotopic (exact) mass is 198 g/mol. The summed E-state index contributed by atoms with van der Waals surface area (Å²) in [5.41, 5.74) is 5.34. The number of hydrogen-bond donors (Lipinski definition) is 1. The molecule has 0 radical (unpaired) electrons. The summed E-state index contributed by atoms with van der Waals surface area (Å²) in [5, 5.41) is 0. The lowest BCUT2D eigenvalue weighted by atomic mass is 9.85. The van der Waals surface area contributed by atoms with E-state index < -0.39 is 0 Å². The molecule has 14 heavy (non-hydrogen) atoms. The molecular formula is C11H22N2O. The molecule has 0 spiro atoms. The zero-order chi connectivity index (χ0) is 10.6. The quantitative estimate of drug-likeness (QED) is 0.744. The Morgan fingerprint density at radius 2 is 1.93 bits per heavy atom. The fourth-order valence-electron chi connectivity index (χ4n) is 1.86. The third-order valence-electron chi connectivity index (χ3n) is 3.39. The summed E-state index contributed by atoms with van der Waals surface area (Å²) >= 11 is 0. The average molecular weight is 198 g/mol. The van der Waals surface area contributed by atoms with Crippen LogP contribution in [0.5, 0.6) is 0 Å². The number of piperidine rings is 1. The lowest BCUT2D eigenvalue weighted by molar-refractivity contribution is -0.141. The molecule has 0 aromatic rings. The summed E-state index contributed by atoms with van der Waals surface area (Å²) in [6.07, 6.45) is 4.39. The van der Waals surface area contributed by atoms with Crippen LogP contribution in [0.4, 0.5) is 0 Å². The molecule has 1 rings (SSSR count). The Kier molecular flexibility index (Phi) is 3.93. The van der Waals surface area contributed by atoms with Gasteiger partial charge in [-0.1, -0.05) is 6.92 Å². The zero-order valence-corrected chi connectivity index (χ0v) is 9.38. The predicted molar refractivity (Wildman–Crippen MR) is 57.9 cm³/mol. The number of likely N-dealkylation sites (tertiary alicyclic amines) is 1. The molecule has 0 bridgehead atoms. The van der Waals surface area contributed by atoms with Crippen LogP contribution in [0.15, 0.2) is 0 Å². The molecule has 3 heteroatoms. The number of rotatable bonds is 3. The van der Waals surface area contributed by atoms with Crippen molar-refractivity contribution in [2.75, 3.05) is 19.6 Å². The highest BCUT2D eigenvalue weighted by Gasteiger charge is 2.33. The van der Waals surface area contributed by atoms with Crippen molar-refractivity contribution in [2.45, 2.75) is 39.5 Å². The van der Waals surface area contributed by atoms with E-state index >= 15 is 0 Å². The van der Waals surface area contributed by atoms with Gasteiger partial charge in [-0.15, -0.1) is 0 Å². The standard InChI is InChI=1S/C11H22N2O/c1-3-11(2,9-12)10(14)13-7-5-4-6-8-13/h3-9,12H2,1-2H3. The normalized spacial score (nSPS) is 21.8. The fourth-order valence-corrected chi connectivity index (χ4v) is 1.86. The van der Waals surface area contributed by atoms with Crippen LogP contribution in [0.3, 0.4) is 0 Å². The van der Waals surface area contributed by atoms with Gasteiger partial charge in [0.1, 0.15) is 0 Å². The molecule has 1 saturated heterocycles. The van der Waals surface area contributed by atoms with Gasteiger partial charge in [0.15, 0.2) is 0 Å². The molecule has 1 amide bonds. The zero-order valence-electron chi connectivity index (χ0n) is 9.38. The predicted octanol–water partition coefficient (Wildman–Crippen LogP) is 1.37. The van der Waals surface area contributed by atoms with E-state index in [1.54, 1.807) is 0 Å². The van der Waals surface area contributed by atoms with E-state index in [1.165, 1.54) is 6.42 Å². The van der Waals surface area contributed by atoms with Crippen LogP contribution in [0.2, 0.25) is 0 Å². The maximum absolute atomic E-state index is 12.1. The van der Waals surface area contributed by atoms with Crippen molar-refractivity contribution >= 4 is 5.91 Å². The van der Waals surface area contributed by atoms with E-state index in [-0.39, 0.29) is 11.3 Å². The van der Waals surface area contributed by atoms with Crippen molar-refractivity contribution in [3.8, 4) is 0 Å². The summed E-state index contributed by atoms with van der Waals surface area (Å²) < 4.78 is 0. The van der Waals surface area contributed by atoms with E-state index in [2.05, 4.69) is 0 Å². The van der Waals surface area contributed by atoms with Gasteiger partial charge in [-0.3, -0.25) is 4.79 Å². The molecule has 1 atom stereocenters. The molecule has 82 valence electrons. The minimum Gasteiger partial charge on any atom is -0.342 e. The van der Waals surface area contributed by atoms with Gasteiger partial charge in [0, 0.05) is 19.6 Å². The van der Waals surface area contributed by atoms with Crippen LogP contribution in [0.25, 0.3) is 0 Å². The molecule has 1 aliphatic heterocycles. The van der Waals surface area contributed by atoms with Gasteiger partial charge in [0.2, 0.25) is 5.91 Å². The molecule has 0 aromatic carbocycles. The molecule has 2 N–H and O–H groups in total. The summed E-state index contributed by atoms with van der Waals surface area (Å²) in [6.45, 7) is 6.32. The Balaban J connectivity index is 2.61. The van der Waals surface area contributed by atoms with E-state index in [9.17, 15) is 4.79 Å². The van der Waals surface area contributed by atoms with Gasteiger partial charge in [0.25, 0.3) is 0 Å². The van der Waals surface area contributed by atoms with E-state index in [4.69, 9.17) is 5.73 Å². The fraction of sp³-hybridized carbons (Fsp3) is 0.909. The highest BCUT2D eigenvalue weighted by molar-refractivity contribution is 5.82. The van der Waals surface area contributed by atoms with Crippen LogP contribution in [-0.2, 0) is 4.79 Å². The Bertz CT molecular complexity index is 193. The minimum atomic E-state index is -0.336. The number of hydrogen-bond acceptors (Lipinski definition) is 2. The summed E-state index contributed by atoms with van der Waals surface area (Å²) in [4.78, 5) is 14.1. The van der Waals surface area contributed by atoms with Gasteiger partial charge in [0.05, 0.1) is 5.41 Å². The van der Waals surface area contributed by atoms with Crippen molar-refractivity contribution in [3.63, 3.8) is 0 Å². The van der Waals surface area contributed by atoms with Gasteiger partial charge in [-0.2, -0.15) is 0 Å². The number of nitrogens with two attached hydrogens (primary N) is 1. The van der Waals surface area contributed by atoms with Crippen LogP contribution in [0, 0.1) is 5.41 Å². The number of nitrogens with zero attached hydrogens (tertiary/aromatic N) is 1. The van der Waals surface area contributed by atoms with Crippen LogP contribution in [0.1, 0.15) is 39.5 Å². The molecule has 1 aliphatic rings. The number of carbonyl (C=O) groups is 1. The lowest BCUT2D eigenvalue weighted by Crippen LogP contribution is -2.47. The third-order valence-corrected chi connectivity index (χ3v) is 3.39. The van der Waals surface area contributed by atoms with Crippen molar-refractivity contribution < 1.29 is 4.79 Å². The first-order valence-electron chi connectivity index (χ1n) is 5.63. The molecule has 0 aromatic heterocycles. The van der Waals surface area contributed by atoms with E-state index in [0.717, 1.165) is 32.4 Å². The largest absolute Gasteiger partial charge is 0.342 e. The van der Waals surface area contributed by atoms with Crippen molar-refractivity contribution in [1.82, 2.24) is 4.90 Å². The highest BCUT2D eigenvalue weighted by Crippen LogP contribution is 2.24. The first-order valence-corrected chi connectivity index (χ1v) is 5.63.